The SMILES string of the molecule is N#CC1(c2ccc(Cl)cc2Cl)CC2(CCC2)C1. The van der Waals surface area contributed by atoms with Crippen LogP contribution >= 0.6 is 23.2 Å². The first-order chi connectivity index (χ1) is 8.09. The van der Waals surface area contributed by atoms with Gasteiger partial charge >= 0.3 is 0 Å². The number of nitrogens with zero attached hydrogens (tertiary/aromatic N) is 1. The zero-order valence-corrected chi connectivity index (χ0v) is 11.0. The Balaban J connectivity index is 1.94. The van der Waals surface area contributed by atoms with Crippen LogP contribution in [-0.4, -0.2) is 0 Å². The van der Waals surface area contributed by atoms with Crippen LogP contribution in [0.15, 0.2) is 18.2 Å². The molecular formula is C14H13Cl2N. The number of benzene rings is 1. The van der Waals surface area contributed by atoms with Gasteiger partial charge in [0.2, 0.25) is 0 Å². The summed E-state index contributed by atoms with van der Waals surface area (Å²) in [6.45, 7) is 0. The van der Waals surface area contributed by atoms with Crippen LogP contribution in [-0.2, 0) is 5.41 Å². The molecule has 2 aliphatic carbocycles. The maximum Gasteiger partial charge on any atom is 0.0847 e. The minimum atomic E-state index is -0.359. The second-order valence-electron chi connectivity index (χ2n) is 5.53. The van der Waals surface area contributed by atoms with E-state index in [2.05, 4.69) is 6.07 Å². The summed E-state index contributed by atoms with van der Waals surface area (Å²) in [5, 5.41) is 10.8. The van der Waals surface area contributed by atoms with Gasteiger partial charge in [-0.1, -0.05) is 35.7 Å². The molecule has 1 aromatic carbocycles. The molecule has 0 bridgehead atoms. The Morgan fingerprint density at radius 3 is 2.35 bits per heavy atom. The lowest BCUT2D eigenvalue weighted by Gasteiger charge is -2.58. The third-order valence-electron chi connectivity index (χ3n) is 4.43. The van der Waals surface area contributed by atoms with E-state index in [1.54, 1.807) is 6.07 Å². The molecule has 3 heteroatoms. The van der Waals surface area contributed by atoms with E-state index in [0.29, 0.717) is 15.5 Å². The quantitative estimate of drug-likeness (QED) is 0.721. The summed E-state index contributed by atoms with van der Waals surface area (Å²) in [7, 11) is 0. The molecule has 2 aliphatic rings. The first-order valence-corrected chi connectivity index (χ1v) is 6.72. The highest BCUT2D eigenvalue weighted by Crippen LogP contribution is 2.65. The molecule has 0 aliphatic heterocycles. The van der Waals surface area contributed by atoms with Crippen LogP contribution in [0.2, 0.25) is 10.0 Å². The van der Waals surface area contributed by atoms with Gasteiger partial charge in [-0.05, 0) is 48.8 Å². The first kappa shape index (κ1) is 11.4. The van der Waals surface area contributed by atoms with Gasteiger partial charge < -0.3 is 0 Å². The first-order valence-electron chi connectivity index (χ1n) is 5.96. The third-order valence-corrected chi connectivity index (χ3v) is 4.98. The maximum atomic E-state index is 9.49. The van der Waals surface area contributed by atoms with E-state index in [-0.39, 0.29) is 5.41 Å². The molecule has 1 nitrogen and oxygen atoms in total. The maximum absolute atomic E-state index is 9.49. The molecule has 88 valence electrons. The molecule has 2 saturated carbocycles. The lowest BCUT2D eigenvalue weighted by Crippen LogP contribution is -2.52. The molecule has 0 unspecified atom stereocenters. The average Bonchev–Trinajstić information content (AvgIpc) is 2.17. The Kier molecular flexibility index (Phi) is 2.44. The minimum Gasteiger partial charge on any atom is -0.197 e. The van der Waals surface area contributed by atoms with Gasteiger partial charge in [-0.25, -0.2) is 0 Å². The predicted molar refractivity (Wildman–Crippen MR) is 69.3 cm³/mol. The van der Waals surface area contributed by atoms with Gasteiger partial charge in [0.1, 0.15) is 0 Å². The Morgan fingerprint density at radius 1 is 1.18 bits per heavy atom. The monoisotopic (exact) mass is 265 g/mol. The van der Waals surface area contributed by atoms with Crippen LogP contribution in [0.5, 0.6) is 0 Å². The molecule has 2 fully saturated rings. The molecule has 0 heterocycles. The molecule has 0 saturated heterocycles. The van der Waals surface area contributed by atoms with Crippen LogP contribution in [0.1, 0.15) is 37.7 Å². The summed E-state index contributed by atoms with van der Waals surface area (Å²) in [6, 6.07) is 7.97. The van der Waals surface area contributed by atoms with Crippen LogP contribution in [0.25, 0.3) is 0 Å². The number of hydrogen-bond donors (Lipinski definition) is 0. The molecule has 0 amide bonds. The third kappa shape index (κ3) is 1.58. The van der Waals surface area contributed by atoms with E-state index in [1.807, 2.05) is 12.1 Å². The van der Waals surface area contributed by atoms with Crippen molar-refractivity contribution in [3.63, 3.8) is 0 Å². The van der Waals surface area contributed by atoms with Gasteiger partial charge in [0, 0.05) is 10.0 Å². The van der Waals surface area contributed by atoms with Gasteiger partial charge in [0.25, 0.3) is 0 Å². The summed E-state index contributed by atoms with van der Waals surface area (Å²) >= 11 is 12.1. The van der Waals surface area contributed by atoms with Gasteiger partial charge in [-0.3, -0.25) is 0 Å². The standard InChI is InChI=1S/C14H13Cl2N/c15-10-2-3-11(12(16)6-10)14(9-17)7-13(8-14)4-1-5-13/h2-3,6H,1,4-5,7-8H2. The zero-order chi connectivity index (χ0) is 12.1. The molecule has 1 spiro atoms. The fraction of sp³-hybridized carbons (Fsp3) is 0.500. The number of halogens is 2. The molecule has 17 heavy (non-hydrogen) atoms. The van der Waals surface area contributed by atoms with Crippen LogP contribution in [0, 0.1) is 16.7 Å². The van der Waals surface area contributed by atoms with Crippen molar-refractivity contribution in [1.29, 1.82) is 5.26 Å². The lowest BCUT2D eigenvalue weighted by atomic mass is 9.44. The molecule has 0 radical (unpaired) electrons. The fourth-order valence-corrected chi connectivity index (χ4v) is 4.06. The Hall–Kier alpha value is -0.710. The predicted octanol–water partition coefficient (Wildman–Crippen LogP) is 4.72. The molecular weight excluding hydrogens is 253 g/mol. The highest BCUT2D eigenvalue weighted by atomic mass is 35.5. The summed E-state index contributed by atoms with van der Waals surface area (Å²) in [5.74, 6) is 0. The van der Waals surface area contributed by atoms with Gasteiger partial charge in [0.15, 0.2) is 0 Å². The second kappa shape index (κ2) is 3.64. The summed E-state index contributed by atoms with van der Waals surface area (Å²) in [5.41, 5.74) is 1.06. The Morgan fingerprint density at radius 2 is 1.88 bits per heavy atom. The summed E-state index contributed by atoms with van der Waals surface area (Å²) < 4.78 is 0. The van der Waals surface area contributed by atoms with Crippen molar-refractivity contribution in [3.8, 4) is 6.07 Å². The van der Waals surface area contributed by atoms with Crippen molar-refractivity contribution < 1.29 is 0 Å². The van der Waals surface area contributed by atoms with E-state index in [9.17, 15) is 5.26 Å². The lowest BCUT2D eigenvalue weighted by molar-refractivity contribution is -0.0226. The van der Waals surface area contributed by atoms with E-state index in [1.165, 1.54) is 19.3 Å². The van der Waals surface area contributed by atoms with Crippen molar-refractivity contribution in [2.75, 3.05) is 0 Å². The Labute approximate surface area is 111 Å². The molecule has 3 rings (SSSR count). The van der Waals surface area contributed by atoms with E-state index in [4.69, 9.17) is 23.2 Å². The number of nitriles is 1. The van der Waals surface area contributed by atoms with E-state index in [0.717, 1.165) is 18.4 Å². The number of hydrogen-bond acceptors (Lipinski definition) is 1. The van der Waals surface area contributed by atoms with Gasteiger partial charge in [-0.2, -0.15) is 5.26 Å². The minimum absolute atomic E-state index is 0.359. The molecule has 0 aromatic heterocycles. The van der Waals surface area contributed by atoms with Crippen molar-refractivity contribution in [3.05, 3.63) is 33.8 Å². The van der Waals surface area contributed by atoms with Crippen LogP contribution < -0.4 is 0 Å². The van der Waals surface area contributed by atoms with E-state index >= 15 is 0 Å². The summed E-state index contributed by atoms with van der Waals surface area (Å²) in [6.07, 6.45) is 5.81. The van der Waals surface area contributed by atoms with Crippen molar-refractivity contribution in [2.24, 2.45) is 5.41 Å². The van der Waals surface area contributed by atoms with Crippen molar-refractivity contribution in [2.45, 2.75) is 37.5 Å². The fourth-order valence-electron chi connectivity index (χ4n) is 3.47. The van der Waals surface area contributed by atoms with Crippen molar-refractivity contribution in [1.82, 2.24) is 0 Å². The van der Waals surface area contributed by atoms with Gasteiger partial charge in [-0.15, -0.1) is 0 Å². The smallest absolute Gasteiger partial charge is 0.0847 e. The van der Waals surface area contributed by atoms with Crippen molar-refractivity contribution >= 4 is 23.2 Å². The topological polar surface area (TPSA) is 23.8 Å². The van der Waals surface area contributed by atoms with Crippen LogP contribution in [0.4, 0.5) is 0 Å². The van der Waals surface area contributed by atoms with E-state index < -0.39 is 0 Å². The highest BCUT2D eigenvalue weighted by Gasteiger charge is 2.58. The van der Waals surface area contributed by atoms with Crippen LogP contribution in [0.3, 0.4) is 0 Å². The normalized spacial score (nSPS) is 23.6. The second-order valence-corrected chi connectivity index (χ2v) is 6.37. The zero-order valence-electron chi connectivity index (χ0n) is 9.47. The molecule has 0 N–H and O–H groups in total. The Bertz CT molecular complexity index is 503. The molecule has 0 atom stereocenters. The molecule has 1 aromatic rings. The summed E-state index contributed by atoms with van der Waals surface area (Å²) in [4.78, 5) is 0. The van der Waals surface area contributed by atoms with Gasteiger partial charge in [0.05, 0.1) is 11.5 Å². The number of rotatable bonds is 1. The average molecular weight is 266 g/mol. The largest absolute Gasteiger partial charge is 0.197 e. The highest BCUT2D eigenvalue weighted by molar-refractivity contribution is 6.35.